The Bertz CT molecular complexity index is 543. The Hall–Kier alpha value is -1.09. The quantitative estimate of drug-likeness (QED) is 0.607. The van der Waals surface area contributed by atoms with Crippen LogP contribution in [0.5, 0.6) is 5.75 Å². The van der Waals surface area contributed by atoms with E-state index in [0.29, 0.717) is 18.3 Å². The molecule has 2 nitrogen and oxygen atoms in total. The van der Waals surface area contributed by atoms with Gasteiger partial charge in [0.1, 0.15) is 11.6 Å². The van der Waals surface area contributed by atoms with E-state index in [1.54, 1.807) is 6.07 Å². The summed E-state index contributed by atoms with van der Waals surface area (Å²) >= 11 is 0. The lowest BCUT2D eigenvalue weighted by Crippen LogP contribution is -2.43. The van der Waals surface area contributed by atoms with E-state index >= 15 is 0 Å². The summed E-state index contributed by atoms with van der Waals surface area (Å²) in [5.74, 6) is 1.74. The number of halogens is 1. The second-order valence-electron chi connectivity index (χ2n) is 7.78. The van der Waals surface area contributed by atoms with Gasteiger partial charge in [-0.15, -0.1) is 0 Å². The Labute approximate surface area is 152 Å². The minimum absolute atomic E-state index is 0.163. The summed E-state index contributed by atoms with van der Waals surface area (Å²) in [5.41, 5.74) is 0.333. The van der Waals surface area contributed by atoms with Crippen molar-refractivity contribution in [2.45, 2.75) is 77.2 Å². The van der Waals surface area contributed by atoms with Crippen molar-refractivity contribution in [2.24, 2.45) is 11.8 Å². The van der Waals surface area contributed by atoms with Gasteiger partial charge < -0.3 is 9.47 Å². The molecule has 0 aromatic heterocycles. The van der Waals surface area contributed by atoms with Crippen molar-refractivity contribution in [2.75, 3.05) is 13.2 Å². The van der Waals surface area contributed by atoms with Crippen LogP contribution in [0.15, 0.2) is 18.2 Å². The van der Waals surface area contributed by atoms with E-state index in [1.807, 2.05) is 19.1 Å². The topological polar surface area (TPSA) is 18.5 Å². The van der Waals surface area contributed by atoms with Gasteiger partial charge in [-0.25, -0.2) is 4.39 Å². The molecule has 1 aliphatic heterocycles. The second kappa shape index (κ2) is 8.53. The van der Waals surface area contributed by atoms with Crippen molar-refractivity contribution in [3.05, 3.63) is 29.6 Å². The average molecular weight is 349 g/mol. The minimum atomic E-state index is -0.426. The number of rotatable bonds is 6. The maximum atomic E-state index is 15.0. The van der Waals surface area contributed by atoms with E-state index in [1.165, 1.54) is 25.7 Å². The molecule has 2 aliphatic rings. The van der Waals surface area contributed by atoms with Crippen molar-refractivity contribution in [1.82, 2.24) is 0 Å². The third kappa shape index (κ3) is 4.02. The summed E-state index contributed by atoms with van der Waals surface area (Å²) in [4.78, 5) is 0. The summed E-state index contributed by atoms with van der Waals surface area (Å²) in [6, 6.07) is 5.37. The van der Waals surface area contributed by atoms with Crippen molar-refractivity contribution < 1.29 is 13.9 Å². The van der Waals surface area contributed by atoms with Crippen LogP contribution in [-0.2, 0) is 10.3 Å². The molecule has 1 heterocycles. The molecule has 0 N–H and O–H groups in total. The first-order valence-corrected chi connectivity index (χ1v) is 10.3. The number of hydrogen-bond acceptors (Lipinski definition) is 2. The van der Waals surface area contributed by atoms with E-state index in [0.717, 1.165) is 50.2 Å². The van der Waals surface area contributed by atoms with Crippen LogP contribution < -0.4 is 4.74 Å². The highest BCUT2D eigenvalue weighted by Gasteiger charge is 2.45. The highest BCUT2D eigenvalue weighted by molar-refractivity contribution is 5.34. The first-order chi connectivity index (χ1) is 12.2. The lowest BCUT2D eigenvalue weighted by atomic mass is 9.67. The number of benzene rings is 1. The molecule has 1 unspecified atom stereocenters. The maximum Gasteiger partial charge on any atom is 0.132 e. The van der Waals surface area contributed by atoms with Crippen molar-refractivity contribution in [3.63, 3.8) is 0 Å². The highest BCUT2D eigenvalue weighted by Crippen LogP contribution is 2.49. The van der Waals surface area contributed by atoms with E-state index in [-0.39, 0.29) is 5.82 Å². The first kappa shape index (κ1) is 18.7. The van der Waals surface area contributed by atoms with Crippen LogP contribution in [-0.4, -0.2) is 13.2 Å². The Morgan fingerprint density at radius 2 is 1.96 bits per heavy atom. The SMILES string of the molecule is CCCC1CCC(C2(c3ccc(OCC)cc3F)CCCCO2)CC1. The van der Waals surface area contributed by atoms with Gasteiger partial charge in [0.25, 0.3) is 0 Å². The van der Waals surface area contributed by atoms with Crippen LogP contribution in [0.3, 0.4) is 0 Å². The van der Waals surface area contributed by atoms with E-state index in [9.17, 15) is 4.39 Å². The molecule has 1 saturated heterocycles. The molecule has 3 rings (SSSR count). The summed E-state index contributed by atoms with van der Waals surface area (Å²) in [7, 11) is 0. The Morgan fingerprint density at radius 1 is 1.16 bits per heavy atom. The third-order valence-corrected chi connectivity index (χ3v) is 6.21. The van der Waals surface area contributed by atoms with Gasteiger partial charge in [0, 0.05) is 18.2 Å². The molecule has 1 aromatic rings. The predicted octanol–water partition coefficient (Wildman–Crippen LogP) is 6.23. The molecule has 25 heavy (non-hydrogen) atoms. The fraction of sp³-hybridized carbons (Fsp3) is 0.727. The fourth-order valence-corrected chi connectivity index (χ4v) is 4.99. The smallest absolute Gasteiger partial charge is 0.132 e. The molecule has 1 aliphatic carbocycles. The van der Waals surface area contributed by atoms with E-state index in [4.69, 9.17) is 9.47 Å². The van der Waals surface area contributed by atoms with Gasteiger partial charge in [0.15, 0.2) is 0 Å². The van der Waals surface area contributed by atoms with Crippen molar-refractivity contribution in [3.8, 4) is 5.75 Å². The zero-order valence-corrected chi connectivity index (χ0v) is 15.9. The summed E-state index contributed by atoms with van der Waals surface area (Å²) in [5, 5.41) is 0. The summed E-state index contributed by atoms with van der Waals surface area (Å²) in [6.07, 6.45) is 10.6. The highest BCUT2D eigenvalue weighted by atomic mass is 19.1. The second-order valence-corrected chi connectivity index (χ2v) is 7.78. The zero-order chi connectivity index (χ0) is 17.7. The number of hydrogen-bond donors (Lipinski definition) is 0. The van der Waals surface area contributed by atoms with Crippen molar-refractivity contribution >= 4 is 0 Å². The molecule has 1 atom stereocenters. The molecule has 0 spiro atoms. The molecule has 1 saturated carbocycles. The molecule has 0 radical (unpaired) electrons. The lowest BCUT2D eigenvalue weighted by molar-refractivity contribution is -0.135. The molecular formula is C22H33FO2. The number of ether oxygens (including phenoxy) is 2. The van der Waals surface area contributed by atoms with Crippen LogP contribution in [0.2, 0.25) is 0 Å². The predicted molar refractivity (Wildman–Crippen MR) is 99.4 cm³/mol. The molecule has 1 aromatic carbocycles. The Kier molecular flexibility index (Phi) is 6.38. The molecule has 140 valence electrons. The summed E-state index contributed by atoms with van der Waals surface area (Å²) < 4.78 is 26.8. The van der Waals surface area contributed by atoms with E-state index in [2.05, 4.69) is 6.92 Å². The molecule has 3 heteroatoms. The fourth-order valence-electron chi connectivity index (χ4n) is 4.99. The molecule has 0 bridgehead atoms. The summed E-state index contributed by atoms with van der Waals surface area (Å²) in [6.45, 7) is 5.50. The van der Waals surface area contributed by atoms with Gasteiger partial charge in [0.05, 0.1) is 12.2 Å². The Balaban J connectivity index is 1.84. The van der Waals surface area contributed by atoms with E-state index < -0.39 is 5.60 Å². The van der Waals surface area contributed by atoms with Crippen LogP contribution >= 0.6 is 0 Å². The van der Waals surface area contributed by atoms with Gasteiger partial charge in [-0.3, -0.25) is 0 Å². The third-order valence-electron chi connectivity index (χ3n) is 6.21. The molecular weight excluding hydrogens is 315 g/mol. The van der Waals surface area contributed by atoms with Gasteiger partial charge >= 0.3 is 0 Å². The van der Waals surface area contributed by atoms with Gasteiger partial charge in [-0.05, 0) is 63.0 Å². The minimum Gasteiger partial charge on any atom is -0.494 e. The van der Waals surface area contributed by atoms with Gasteiger partial charge in [-0.2, -0.15) is 0 Å². The lowest BCUT2D eigenvalue weighted by Gasteiger charge is -2.46. The normalized spacial score (nSPS) is 30.2. The van der Waals surface area contributed by atoms with Gasteiger partial charge in [-0.1, -0.05) is 32.6 Å². The average Bonchev–Trinajstić information content (AvgIpc) is 2.63. The molecule has 2 fully saturated rings. The van der Waals surface area contributed by atoms with Crippen LogP contribution in [0.4, 0.5) is 4.39 Å². The van der Waals surface area contributed by atoms with Crippen molar-refractivity contribution in [1.29, 1.82) is 0 Å². The largest absolute Gasteiger partial charge is 0.494 e. The Morgan fingerprint density at radius 3 is 2.56 bits per heavy atom. The van der Waals surface area contributed by atoms with Crippen LogP contribution in [0.25, 0.3) is 0 Å². The zero-order valence-electron chi connectivity index (χ0n) is 15.9. The standard InChI is InChI=1S/C22H33FO2/c1-3-7-17-8-10-18(11-9-17)22(14-5-6-15-25-22)20-13-12-19(24-4-2)16-21(20)23/h12-13,16-18H,3-11,14-15H2,1-2H3. The molecule has 0 amide bonds. The first-order valence-electron chi connectivity index (χ1n) is 10.3. The van der Waals surface area contributed by atoms with Crippen LogP contribution in [0, 0.1) is 17.7 Å². The maximum absolute atomic E-state index is 15.0. The van der Waals surface area contributed by atoms with Crippen LogP contribution in [0.1, 0.15) is 77.2 Å². The van der Waals surface area contributed by atoms with Gasteiger partial charge in [0.2, 0.25) is 0 Å². The monoisotopic (exact) mass is 348 g/mol.